The van der Waals surface area contributed by atoms with Crippen LogP contribution in [0.15, 0.2) is 36.4 Å². The van der Waals surface area contributed by atoms with Crippen LogP contribution in [0.1, 0.15) is 31.1 Å². The van der Waals surface area contributed by atoms with Crippen molar-refractivity contribution in [1.82, 2.24) is 10.2 Å². The molecule has 0 saturated carbocycles. The molecule has 0 radical (unpaired) electrons. The maximum absolute atomic E-state index is 11.2. The Kier molecular flexibility index (Phi) is 4.45. The largest absolute Gasteiger partial charge is 0.356 e. The van der Waals surface area contributed by atoms with Gasteiger partial charge in [-0.1, -0.05) is 24.3 Å². The summed E-state index contributed by atoms with van der Waals surface area (Å²) in [5.74, 6) is 0.957. The van der Waals surface area contributed by atoms with Gasteiger partial charge in [-0.2, -0.15) is 0 Å². The SMILES string of the molecule is CCN(CC)c1ccc(-c2ccc(C(C)=O)cc2)nn1. The Balaban J connectivity index is 2.23. The van der Waals surface area contributed by atoms with Gasteiger partial charge >= 0.3 is 0 Å². The fourth-order valence-corrected chi connectivity index (χ4v) is 2.07. The van der Waals surface area contributed by atoms with Gasteiger partial charge < -0.3 is 4.90 Å². The molecular formula is C16H19N3O. The average molecular weight is 269 g/mol. The van der Waals surface area contributed by atoms with E-state index in [1.165, 1.54) is 0 Å². The number of benzene rings is 1. The van der Waals surface area contributed by atoms with Gasteiger partial charge in [0.2, 0.25) is 0 Å². The van der Waals surface area contributed by atoms with Crippen molar-refractivity contribution in [2.75, 3.05) is 18.0 Å². The van der Waals surface area contributed by atoms with Crippen molar-refractivity contribution in [1.29, 1.82) is 0 Å². The summed E-state index contributed by atoms with van der Waals surface area (Å²) in [6.07, 6.45) is 0. The molecule has 0 bridgehead atoms. The molecule has 1 heterocycles. The highest BCUT2D eigenvalue weighted by Crippen LogP contribution is 2.19. The first-order valence-electron chi connectivity index (χ1n) is 6.85. The van der Waals surface area contributed by atoms with Crippen LogP contribution in [-0.2, 0) is 0 Å². The number of hydrogen-bond acceptors (Lipinski definition) is 4. The third-order valence-electron chi connectivity index (χ3n) is 3.33. The van der Waals surface area contributed by atoms with E-state index in [1.54, 1.807) is 6.92 Å². The summed E-state index contributed by atoms with van der Waals surface area (Å²) in [7, 11) is 0. The van der Waals surface area contributed by atoms with Gasteiger partial charge in [0.1, 0.15) is 0 Å². The zero-order valence-corrected chi connectivity index (χ0v) is 12.1. The molecule has 20 heavy (non-hydrogen) atoms. The Bertz CT molecular complexity index is 572. The van der Waals surface area contributed by atoms with Crippen LogP contribution in [0.25, 0.3) is 11.3 Å². The van der Waals surface area contributed by atoms with Gasteiger partial charge in [-0.25, -0.2) is 0 Å². The predicted octanol–water partition coefficient (Wildman–Crippen LogP) is 3.19. The van der Waals surface area contributed by atoms with E-state index < -0.39 is 0 Å². The fraction of sp³-hybridized carbons (Fsp3) is 0.312. The number of Topliss-reactive ketones (excluding diaryl/α,β-unsaturated/α-hetero) is 1. The highest BCUT2D eigenvalue weighted by atomic mass is 16.1. The summed E-state index contributed by atoms with van der Waals surface area (Å²) in [5, 5.41) is 8.53. The normalized spacial score (nSPS) is 10.3. The molecule has 0 N–H and O–H groups in total. The molecule has 0 amide bonds. The van der Waals surface area contributed by atoms with Gasteiger partial charge in [0, 0.05) is 24.2 Å². The van der Waals surface area contributed by atoms with E-state index in [1.807, 2.05) is 36.4 Å². The lowest BCUT2D eigenvalue weighted by Gasteiger charge is -2.18. The van der Waals surface area contributed by atoms with E-state index in [9.17, 15) is 4.79 Å². The van der Waals surface area contributed by atoms with Crippen molar-refractivity contribution in [2.45, 2.75) is 20.8 Å². The molecule has 2 aromatic rings. The zero-order chi connectivity index (χ0) is 14.5. The molecule has 0 saturated heterocycles. The number of carbonyl (C=O) groups excluding carboxylic acids is 1. The first kappa shape index (κ1) is 14.2. The second-order valence-electron chi connectivity index (χ2n) is 4.58. The monoisotopic (exact) mass is 269 g/mol. The minimum Gasteiger partial charge on any atom is -0.356 e. The minimum absolute atomic E-state index is 0.0690. The van der Waals surface area contributed by atoms with Gasteiger partial charge in [0.25, 0.3) is 0 Å². The maximum atomic E-state index is 11.2. The number of hydrogen-bond donors (Lipinski definition) is 0. The Labute approximate surface area is 119 Å². The highest BCUT2D eigenvalue weighted by molar-refractivity contribution is 5.94. The molecule has 104 valence electrons. The lowest BCUT2D eigenvalue weighted by molar-refractivity contribution is 0.101. The number of aromatic nitrogens is 2. The van der Waals surface area contributed by atoms with Crippen LogP contribution in [0.3, 0.4) is 0 Å². The van der Waals surface area contributed by atoms with E-state index in [0.29, 0.717) is 5.56 Å². The summed E-state index contributed by atoms with van der Waals surface area (Å²) in [4.78, 5) is 13.4. The fourth-order valence-electron chi connectivity index (χ4n) is 2.07. The molecule has 0 aliphatic rings. The van der Waals surface area contributed by atoms with Crippen LogP contribution in [0.4, 0.5) is 5.82 Å². The third kappa shape index (κ3) is 3.02. The Morgan fingerprint density at radius 1 is 1.00 bits per heavy atom. The number of nitrogens with zero attached hydrogens (tertiary/aromatic N) is 3. The molecule has 4 nitrogen and oxygen atoms in total. The zero-order valence-electron chi connectivity index (χ0n) is 12.1. The summed E-state index contributed by atoms with van der Waals surface area (Å²) >= 11 is 0. The molecule has 1 aromatic carbocycles. The van der Waals surface area contributed by atoms with E-state index in [2.05, 4.69) is 28.9 Å². The highest BCUT2D eigenvalue weighted by Gasteiger charge is 2.06. The summed E-state index contributed by atoms with van der Waals surface area (Å²) in [6.45, 7) is 7.59. The third-order valence-corrected chi connectivity index (χ3v) is 3.33. The first-order valence-corrected chi connectivity index (χ1v) is 6.85. The lowest BCUT2D eigenvalue weighted by Crippen LogP contribution is -2.23. The molecule has 1 aromatic heterocycles. The van der Waals surface area contributed by atoms with Gasteiger partial charge in [0.15, 0.2) is 11.6 Å². The van der Waals surface area contributed by atoms with Gasteiger partial charge in [-0.15, -0.1) is 10.2 Å². The molecule has 0 atom stereocenters. The Hall–Kier alpha value is -2.23. The van der Waals surface area contributed by atoms with Crippen LogP contribution < -0.4 is 4.90 Å². The predicted molar refractivity (Wildman–Crippen MR) is 81.0 cm³/mol. The average Bonchev–Trinajstić information content (AvgIpc) is 2.49. The van der Waals surface area contributed by atoms with Crippen LogP contribution in [0.5, 0.6) is 0 Å². The van der Waals surface area contributed by atoms with E-state index in [0.717, 1.165) is 30.2 Å². The van der Waals surface area contributed by atoms with Crippen LogP contribution in [-0.4, -0.2) is 29.1 Å². The van der Waals surface area contributed by atoms with Crippen LogP contribution >= 0.6 is 0 Å². The van der Waals surface area contributed by atoms with Crippen molar-refractivity contribution in [3.05, 3.63) is 42.0 Å². The Morgan fingerprint density at radius 3 is 2.10 bits per heavy atom. The van der Waals surface area contributed by atoms with Crippen molar-refractivity contribution in [2.24, 2.45) is 0 Å². The van der Waals surface area contributed by atoms with E-state index in [4.69, 9.17) is 0 Å². The number of anilines is 1. The van der Waals surface area contributed by atoms with E-state index in [-0.39, 0.29) is 5.78 Å². The second-order valence-corrected chi connectivity index (χ2v) is 4.58. The quantitative estimate of drug-likeness (QED) is 0.782. The van der Waals surface area contributed by atoms with Crippen LogP contribution in [0.2, 0.25) is 0 Å². The van der Waals surface area contributed by atoms with Gasteiger partial charge in [-0.3, -0.25) is 4.79 Å². The summed E-state index contributed by atoms with van der Waals surface area (Å²) < 4.78 is 0. The molecule has 2 rings (SSSR count). The number of ketones is 1. The molecule has 0 aliphatic carbocycles. The standard InChI is InChI=1S/C16H19N3O/c1-4-19(5-2)16-11-10-15(17-18-16)14-8-6-13(7-9-14)12(3)20/h6-11H,4-5H2,1-3H3. The lowest BCUT2D eigenvalue weighted by atomic mass is 10.1. The maximum Gasteiger partial charge on any atom is 0.159 e. The van der Waals surface area contributed by atoms with Crippen molar-refractivity contribution >= 4 is 11.6 Å². The molecule has 0 unspecified atom stereocenters. The van der Waals surface area contributed by atoms with E-state index >= 15 is 0 Å². The van der Waals surface area contributed by atoms with Gasteiger partial charge in [-0.05, 0) is 32.9 Å². The molecule has 4 heteroatoms. The summed E-state index contributed by atoms with van der Waals surface area (Å²) in [5.41, 5.74) is 2.49. The number of carbonyl (C=O) groups is 1. The molecule has 0 aliphatic heterocycles. The molecule has 0 fully saturated rings. The summed E-state index contributed by atoms with van der Waals surface area (Å²) in [6, 6.07) is 11.4. The first-order chi connectivity index (χ1) is 9.65. The second kappa shape index (κ2) is 6.28. The molecular weight excluding hydrogens is 250 g/mol. The number of rotatable bonds is 5. The van der Waals surface area contributed by atoms with Gasteiger partial charge in [0.05, 0.1) is 5.69 Å². The molecule has 0 spiro atoms. The van der Waals surface area contributed by atoms with Crippen molar-refractivity contribution < 1.29 is 4.79 Å². The van der Waals surface area contributed by atoms with Crippen LogP contribution in [0, 0.1) is 0 Å². The minimum atomic E-state index is 0.0690. The topological polar surface area (TPSA) is 46.1 Å². The Morgan fingerprint density at radius 2 is 1.65 bits per heavy atom. The smallest absolute Gasteiger partial charge is 0.159 e. The van der Waals surface area contributed by atoms with Crippen molar-refractivity contribution in [3.8, 4) is 11.3 Å². The van der Waals surface area contributed by atoms with Crippen molar-refractivity contribution in [3.63, 3.8) is 0 Å².